The molecule has 8 nitrogen and oxygen atoms in total. The Morgan fingerprint density at radius 3 is 2.50 bits per heavy atom. The third-order valence-corrected chi connectivity index (χ3v) is 4.19. The largest absolute Gasteiger partial charge is 0.480 e. The third kappa shape index (κ3) is 3.83. The number of amides is 1. The third-order valence-electron chi connectivity index (χ3n) is 2.63. The molecular weight excluding hydrogens is 284 g/mol. The maximum absolute atomic E-state index is 11.6. The van der Waals surface area contributed by atoms with Crippen molar-refractivity contribution in [1.82, 2.24) is 10.6 Å². The molecule has 0 unspecified atom stereocenters. The van der Waals surface area contributed by atoms with Gasteiger partial charge < -0.3 is 15.7 Å². The summed E-state index contributed by atoms with van der Waals surface area (Å²) in [5.41, 5.74) is 0. The molecule has 0 spiro atoms. The van der Waals surface area contributed by atoms with Gasteiger partial charge in [-0.25, -0.2) is 4.79 Å². The Kier molecular flexibility index (Phi) is 4.96. The molecule has 0 bridgehead atoms. The van der Waals surface area contributed by atoms with Crippen molar-refractivity contribution in [3.8, 4) is 0 Å². The molecule has 4 N–H and O–H groups in total. The number of carboxylic acid groups (broad SMARTS) is 1. The van der Waals surface area contributed by atoms with Crippen LogP contribution in [0.2, 0.25) is 0 Å². The van der Waals surface area contributed by atoms with E-state index < -0.39 is 39.3 Å². The lowest BCUT2D eigenvalue weighted by molar-refractivity contribution is -0.141. The lowest BCUT2D eigenvalue weighted by Crippen LogP contribution is -2.49. The van der Waals surface area contributed by atoms with Gasteiger partial charge in [0.05, 0.1) is 6.04 Å². The summed E-state index contributed by atoms with van der Waals surface area (Å²) in [6.45, 7) is -0.0461. The molecule has 0 aromatic heterocycles. The van der Waals surface area contributed by atoms with E-state index in [4.69, 9.17) is 9.66 Å². The van der Waals surface area contributed by atoms with Crippen molar-refractivity contribution in [2.45, 2.75) is 23.8 Å². The van der Waals surface area contributed by atoms with Crippen LogP contribution >= 0.6 is 12.6 Å². The van der Waals surface area contributed by atoms with E-state index >= 15 is 0 Å². The molecule has 0 aliphatic carbocycles. The molecule has 1 fully saturated rings. The highest BCUT2D eigenvalue weighted by Gasteiger charge is 2.37. The van der Waals surface area contributed by atoms with Crippen LogP contribution in [-0.4, -0.2) is 59.6 Å². The van der Waals surface area contributed by atoms with Gasteiger partial charge in [-0.2, -0.15) is 21.0 Å². The Hall–Kier alpha value is -0.840. The summed E-state index contributed by atoms with van der Waals surface area (Å²) in [6, 6.07) is -1.97. The van der Waals surface area contributed by atoms with Crippen LogP contribution in [0.15, 0.2) is 0 Å². The molecular formula is C8H14N2O6S2. The van der Waals surface area contributed by atoms with Crippen LogP contribution in [0.5, 0.6) is 0 Å². The highest BCUT2D eigenvalue weighted by molar-refractivity contribution is 7.86. The Bertz CT molecular complexity index is 437. The zero-order valence-electron chi connectivity index (χ0n) is 9.24. The molecule has 10 heteroatoms. The topological polar surface area (TPSA) is 133 Å². The lowest BCUT2D eigenvalue weighted by atomic mass is 10.2. The van der Waals surface area contributed by atoms with E-state index in [9.17, 15) is 18.0 Å². The van der Waals surface area contributed by atoms with Crippen LogP contribution in [0.4, 0.5) is 0 Å². The van der Waals surface area contributed by atoms with E-state index in [0.29, 0.717) is 0 Å². The quantitative estimate of drug-likeness (QED) is 0.296. The maximum atomic E-state index is 11.6. The fourth-order valence-corrected chi connectivity index (χ4v) is 2.58. The van der Waals surface area contributed by atoms with Crippen LogP contribution in [0.1, 0.15) is 6.42 Å². The smallest absolute Gasteiger partial charge is 0.327 e. The summed E-state index contributed by atoms with van der Waals surface area (Å²) in [7, 11) is -4.19. The van der Waals surface area contributed by atoms with E-state index in [-0.39, 0.29) is 18.7 Å². The molecule has 1 saturated heterocycles. The summed E-state index contributed by atoms with van der Waals surface area (Å²) in [5, 5.41) is 12.5. The Morgan fingerprint density at radius 1 is 1.50 bits per heavy atom. The molecule has 0 radical (unpaired) electrons. The zero-order valence-corrected chi connectivity index (χ0v) is 10.9. The Morgan fingerprint density at radius 2 is 2.11 bits per heavy atom. The predicted molar refractivity (Wildman–Crippen MR) is 65.2 cm³/mol. The van der Waals surface area contributed by atoms with Crippen molar-refractivity contribution in [3.63, 3.8) is 0 Å². The first-order valence-corrected chi connectivity index (χ1v) is 7.23. The molecule has 1 heterocycles. The second kappa shape index (κ2) is 5.87. The number of aliphatic carboxylic acids is 1. The SMILES string of the molecule is O=C(O)[C@H](CS)NC(=O)[C@H]1C[C@H](S(=O)(=O)O)CN1. The minimum absolute atomic E-state index is 0.0461. The summed E-state index contributed by atoms with van der Waals surface area (Å²) in [5.74, 6) is -1.92. The molecule has 1 aliphatic heterocycles. The first kappa shape index (κ1) is 15.2. The highest BCUT2D eigenvalue weighted by atomic mass is 32.2. The molecule has 1 amide bonds. The number of carboxylic acids is 1. The average molecular weight is 298 g/mol. The number of thiol groups is 1. The van der Waals surface area contributed by atoms with Crippen molar-refractivity contribution in [2.24, 2.45) is 0 Å². The molecule has 18 heavy (non-hydrogen) atoms. The first-order chi connectivity index (χ1) is 8.25. The predicted octanol–water partition coefficient (Wildman–Crippen LogP) is -1.90. The Labute approximate surface area is 109 Å². The standard InChI is InChI=1S/C8H14N2O6S2/c11-7(10-6(3-17)8(12)13)5-1-4(2-9-5)18(14,15)16/h4-6,9,17H,1-3H2,(H,10,11)(H,12,13)(H,14,15,16)/t4-,5+,6-/m0/s1. The number of nitrogens with one attached hydrogen (secondary N) is 2. The summed E-state index contributed by atoms with van der Waals surface area (Å²) < 4.78 is 30.6. The summed E-state index contributed by atoms with van der Waals surface area (Å²) in [6.07, 6.45) is -0.0937. The van der Waals surface area contributed by atoms with Crippen LogP contribution in [0, 0.1) is 0 Å². The number of carbonyl (C=O) groups is 2. The van der Waals surface area contributed by atoms with Gasteiger partial charge in [-0.05, 0) is 6.42 Å². The molecule has 0 aromatic rings. The van der Waals surface area contributed by atoms with E-state index in [1.165, 1.54) is 0 Å². The van der Waals surface area contributed by atoms with Gasteiger partial charge in [-0.15, -0.1) is 0 Å². The van der Waals surface area contributed by atoms with Crippen molar-refractivity contribution >= 4 is 34.6 Å². The molecule has 3 atom stereocenters. The van der Waals surface area contributed by atoms with Crippen molar-refractivity contribution in [3.05, 3.63) is 0 Å². The second-order valence-electron chi connectivity index (χ2n) is 3.92. The highest BCUT2D eigenvalue weighted by Crippen LogP contribution is 2.14. The molecule has 0 saturated carbocycles. The molecule has 1 aliphatic rings. The van der Waals surface area contributed by atoms with Gasteiger partial charge in [0.15, 0.2) is 0 Å². The van der Waals surface area contributed by atoms with Gasteiger partial charge >= 0.3 is 5.97 Å². The van der Waals surface area contributed by atoms with E-state index in [1.54, 1.807) is 0 Å². The number of hydrogen-bond donors (Lipinski definition) is 5. The van der Waals surface area contributed by atoms with E-state index in [2.05, 4.69) is 23.3 Å². The molecule has 104 valence electrons. The van der Waals surface area contributed by atoms with Crippen LogP contribution in [0.3, 0.4) is 0 Å². The average Bonchev–Trinajstić information content (AvgIpc) is 2.73. The van der Waals surface area contributed by atoms with E-state index in [0.717, 1.165) is 0 Å². The first-order valence-electron chi connectivity index (χ1n) is 5.09. The molecule has 1 rings (SSSR count). The van der Waals surface area contributed by atoms with Gasteiger partial charge in [-0.3, -0.25) is 9.35 Å². The summed E-state index contributed by atoms with van der Waals surface area (Å²) in [4.78, 5) is 22.3. The number of rotatable bonds is 5. The van der Waals surface area contributed by atoms with Gasteiger partial charge in [-0.1, -0.05) is 0 Å². The van der Waals surface area contributed by atoms with E-state index in [1.807, 2.05) is 0 Å². The monoisotopic (exact) mass is 298 g/mol. The van der Waals surface area contributed by atoms with Gasteiger partial charge in [0.25, 0.3) is 10.1 Å². The van der Waals surface area contributed by atoms with Crippen LogP contribution < -0.4 is 10.6 Å². The number of carbonyl (C=O) groups excluding carboxylic acids is 1. The minimum Gasteiger partial charge on any atom is -0.480 e. The van der Waals surface area contributed by atoms with Crippen molar-refractivity contribution < 1.29 is 27.7 Å². The second-order valence-corrected chi connectivity index (χ2v) is 5.98. The van der Waals surface area contributed by atoms with Gasteiger partial charge in [0, 0.05) is 12.3 Å². The number of hydrogen-bond acceptors (Lipinski definition) is 6. The van der Waals surface area contributed by atoms with Crippen LogP contribution in [0.25, 0.3) is 0 Å². The zero-order chi connectivity index (χ0) is 13.9. The minimum atomic E-state index is -4.19. The maximum Gasteiger partial charge on any atom is 0.327 e. The van der Waals surface area contributed by atoms with Gasteiger partial charge in [0.2, 0.25) is 5.91 Å². The van der Waals surface area contributed by atoms with Crippen LogP contribution in [-0.2, 0) is 19.7 Å². The van der Waals surface area contributed by atoms with Crippen molar-refractivity contribution in [1.29, 1.82) is 0 Å². The Balaban J connectivity index is 2.58. The lowest BCUT2D eigenvalue weighted by Gasteiger charge is -2.15. The fourth-order valence-electron chi connectivity index (χ4n) is 1.59. The molecule has 0 aromatic carbocycles. The van der Waals surface area contributed by atoms with Gasteiger partial charge in [0.1, 0.15) is 11.3 Å². The van der Waals surface area contributed by atoms with Crippen molar-refractivity contribution in [2.75, 3.05) is 12.3 Å². The normalized spacial score (nSPS) is 25.7. The fraction of sp³-hybridized carbons (Fsp3) is 0.750. The summed E-state index contributed by atoms with van der Waals surface area (Å²) >= 11 is 3.78.